The van der Waals surface area contributed by atoms with E-state index in [2.05, 4.69) is 0 Å². The molecular weight excluding hydrogens is 332 g/mol. The van der Waals surface area contributed by atoms with Crippen molar-refractivity contribution in [2.24, 2.45) is 11.7 Å². The van der Waals surface area contributed by atoms with Crippen LogP contribution in [0.2, 0.25) is 0 Å². The minimum absolute atomic E-state index is 0.0881. The van der Waals surface area contributed by atoms with E-state index in [9.17, 15) is 24.5 Å². The molecule has 3 N–H and O–H groups in total. The third-order valence-corrected chi connectivity index (χ3v) is 3.23. The Balaban J connectivity index is 3.09. The highest BCUT2D eigenvalue weighted by atomic mass is 16.6. The summed E-state index contributed by atoms with van der Waals surface area (Å²) in [6.07, 6.45) is -1.27. The number of nitrogens with zero attached hydrogens (tertiary/aromatic N) is 2. The van der Waals surface area contributed by atoms with Crippen molar-refractivity contribution in [3.63, 3.8) is 0 Å². The van der Waals surface area contributed by atoms with E-state index < -0.39 is 34.9 Å². The van der Waals surface area contributed by atoms with Gasteiger partial charge >= 0.3 is 12.0 Å². The first-order valence-corrected chi connectivity index (χ1v) is 7.31. The number of amides is 3. The van der Waals surface area contributed by atoms with E-state index in [1.807, 2.05) is 5.32 Å². The summed E-state index contributed by atoms with van der Waals surface area (Å²) in [6, 6.07) is 2.76. The smallest absolute Gasteiger partial charge is 0.339 e. The Morgan fingerprint density at radius 3 is 2.32 bits per heavy atom. The number of ether oxygens (including phenoxy) is 1. The van der Waals surface area contributed by atoms with Gasteiger partial charge in [-0.05, 0) is 18.1 Å². The molecule has 0 fully saturated rings. The number of primary amides is 1. The van der Waals surface area contributed by atoms with Crippen LogP contribution in [0.25, 0.3) is 0 Å². The summed E-state index contributed by atoms with van der Waals surface area (Å²) in [5.74, 6) is -2.23. The normalized spacial score (nSPS) is 11.6. The van der Waals surface area contributed by atoms with E-state index in [1.54, 1.807) is 27.9 Å². The van der Waals surface area contributed by atoms with Crippen molar-refractivity contribution in [3.8, 4) is 0 Å². The number of urea groups is 1. The van der Waals surface area contributed by atoms with Gasteiger partial charge in [-0.25, -0.2) is 9.59 Å². The first-order valence-electron chi connectivity index (χ1n) is 7.31. The fraction of sp³-hybridized carbons (Fsp3) is 0.400. The molecule has 0 spiro atoms. The van der Waals surface area contributed by atoms with Crippen molar-refractivity contribution >= 4 is 29.3 Å². The Morgan fingerprint density at radius 1 is 1.28 bits per heavy atom. The molecule has 0 aromatic heterocycles. The van der Waals surface area contributed by atoms with Crippen LogP contribution < -0.4 is 16.0 Å². The lowest BCUT2D eigenvalue weighted by Gasteiger charge is -2.20. The van der Waals surface area contributed by atoms with Crippen LogP contribution in [0, 0.1) is 16.0 Å². The van der Waals surface area contributed by atoms with Crippen LogP contribution in [-0.2, 0) is 9.53 Å². The Hall–Kier alpha value is -3.17. The number of hydrogen-bond donors (Lipinski definition) is 2. The third kappa shape index (κ3) is 5.16. The minimum atomic E-state index is -1.27. The van der Waals surface area contributed by atoms with Crippen molar-refractivity contribution in [1.82, 2.24) is 5.32 Å². The maximum absolute atomic E-state index is 12.3. The summed E-state index contributed by atoms with van der Waals surface area (Å²) in [6.45, 7) is 3.21. The summed E-state index contributed by atoms with van der Waals surface area (Å²) in [5, 5.41) is 13.0. The predicted octanol–water partition coefficient (Wildman–Crippen LogP) is 1.04. The highest BCUT2D eigenvalue weighted by Gasteiger charge is 2.29. The van der Waals surface area contributed by atoms with Crippen LogP contribution in [0.4, 0.5) is 16.2 Å². The lowest BCUT2D eigenvalue weighted by molar-refractivity contribution is -0.384. The third-order valence-electron chi connectivity index (χ3n) is 3.23. The zero-order valence-electron chi connectivity index (χ0n) is 14.3. The van der Waals surface area contributed by atoms with Crippen molar-refractivity contribution in [3.05, 3.63) is 33.9 Å². The van der Waals surface area contributed by atoms with Gasteiger partial charge in [-0.15, -0.1) is 0 Å². The van der Waals surface area contributed by atoms with Gasteiger partial charge in [0, 0.05) is 20.2 Å². The molecule has 0 unspecified atom stereocenters. The number of carbonyl (C=O) groups is 3. The van der Waals surface area contributed by atoms with Gasteiger partial charge in [0.2, 0.25) is 0 Å². The molecule has 0 aliphatic rings. The van der Waals surface area contributed by atoms with Gasteiger partial charge in [0.1, 0.15) is 5.69 Å². The highest BCUT2D eigenvalue weighted by molar-refractivity contribution is 5.98. The molecule has 10 heteroatoms. The topological polar surface area (TPSA) is 145 Å². The monoisotopic (exact) mass is 352 g/mol. The molecule has 0 saturated carbocycles. The number of benzene rings is 1. The average molecular weight is 352 g/mol. The van der Waals surface area contributed by atoms with Crippen LogP contribution in [0.15, 0.2) is 18.2 Å². The molecule has 1 atom stereocenters. The standard InChI is InChI=1S/C15H20N4O6/c1-8(2)12(13(20)17-15(16)22)25-14(21)9-5-6-10(18(3)4)11(7-9)19(23)24/h5-8,12H,1-4H3,(H3,16,17,20,22)/t12-/m1/s1. The van der Waals surface area contributed by atoms with E-state index in [4.69, 9.17) is 10.5 Å². The Bertz CT molecular complexity index is 701. The van der Waals surface area contributed by atoms with E-state index in [1.165, 1.54) is 17.0 Å². The minimum Gasteiger partial charge on any atom is -0.448 e. The van der Waals surface area contributed by atoms with Crippen molar-refractivity contribution in [2.45, 2.75) is 20.0 Å². The largest absolute Gasteiger partial charge is 0.448 e. The second-order valence-electron chi connectivity index (χ2n) is 5.78. The number of nitro groups is 1. The fourth-order valence-electron chi connectivity index (χ4n) is 2.04. The van der Waals surface area contributed by atoms with Gasteiger partial charge in [0.05, 0.1) is 10.5 Å². The summed E-state index contributed by atoms with van der Waals surface area (Å²) in [4.78, 5) is 47.0. The van der Waals surface area contributed by atoms with Crippen molar-refractivity contribution < 1.29 is 24.0 Å². The Morgan fingerprint density at radius 2 is 1.88 bits per heavy atom. The van der Waals surface area contributed by atoms with Crippen LogP contribution in [0.1, 0.15) is 24.2 Å². The quantitative estimate of drug-likeness (QED) is 0.442. The molecule has 3 amide bonds. The first-order chi connectivity index (χ1) is 11.5. The summed E-state index contributed by atoms with van der Waals surface area (Å²) >= 11 is 0. The van der Waals surface area contributed by atoms with Crippen LogP contribution in [0.3, 0.4) is 0 Å². The maximum Gasteiger partial charge on any atom is 0.339 e. The number of anilines is 1. The summed E-state index contributed by atoms with van der Waals surface area (Å²) in [5.41, 5.74) is 4.83. The van der Waals surface area contributed by atoms with Crippen molar-refractivity contribution in [2.75, 3.05) is 19.0 Å². The molecule has 0 aliphatic carbocycles. The molecule has 0 heterocycles. The van der Waals surface area contributed by atoms with Crippen LogP contribution in [-0.4, -0.2) is 43.0 Å². The predicted molar refractivity (Wildman–Crippen MR) is 89.2 cm³/mol. The molecule has 0 saturated heterocycles. The lowest BCUT2D eigenvalue weighted by atomic mass is 10.1. The lowest BCUT2D eigenvalue weighted by Crippen LogP contribution is -2.45. The molecule has 1 rings (SSSR count). The van der Waals surface area contributed by atoms with Gasteiger partial charge in [-0.2, -0.15) is 0 Å². The van der Waals surface area contributed by atoms with Gasteiger partial charge in [-0.1, -0.05) is 13.8 Å². The van der Waals surface area contributed by atoms with Gasteiger partial charge in [-0.3, -0.25) is 20.2 Å². The maximum atomic E-state index is 12.3. The SMILES string of the molecule is CC(C)[C@@H](OC(=O)c1ccc(N(C)C)c([N+](=O)[O-])c1)C(=O)NC(N)=O. The van der Waals surface area contributed by atoms with Gasteiger partial charge in [0.25, 0.3) is 11.6 Å². The fourth-order valence-corrected chi connectivity index (χ4v) is 2.04. The molecule has 25 heavy (non-hydrogen) atoms. The molecular formula is C15H20N4O6. The Labute approximate surface area is 144 Å². The number of esters is 1. The van der Waals surface area contributed by atoms with Gasteiger partial charge < -0.3 is 15.4 Å². The number of nitrogens with one attached hydrogen (secondary N) is 1. The Kier molecular flexibility index (Phi) is 6.43. The highest BCUT2D eigenvalue weighted by Crippen LogP contribution is 2.28. The molecule has 1 aromatic rings. The van der Waals surface area contributed by atoms with E-state index in [0.717, 1.165) is 6.07 Å². The average Bonchev–Trinajstić information content (AvgIpc) is 2.50. The zero-order chi connectivity index (χ0) is 19.3. The van der Waals surface area contributed by atoms with Crippen molar-refractivity contribution in [1.29, 1.82) is 0 Å². The molecule has 0 bridgehead atoms. The first kappa shape index (κ1) is 19.9. The van der Waals surface area contributed by atoms with Crippen LogP contribution in [0.5, 0.6) is 0 Å². The molecule has 136 valence electrons. The van der Waals surface area contributed by atoms with E-state index >= 15 is 0 Å². The zero-order valence-corrected chi connectivity index (χ0v) is 14.3. The number of nitro benzene ring substituents is 1. The number of hydrogen-bond acceptors (Lipinski definition) is 7. The number of nitrogens with two attached hydrogens (primary N) is 1. The molecule has 0 radical (unpaired) electrons. The summed E-state index contributed by atoms with van der Waals surface area (Å²) < 4.78 is 5.10. The van der Waals surface area contributed by atoms with E-state index in [-0.39, 0.29) is 11.3 Å². The van der Waals surface area contributed by atoms with E-state index in [0.29, 0.717) is 5.69 Å². The molecule has 1 aromatic carbocycles. The van der Waals surface area contributed by atoms with Crippen LogP contribution >= 0.6 is 0 Å². The number of carbonyl (C=O) groups excluding carboxylic acids is 3. The second kappa shape index (κ2) is 8.08. The van der Waals surface area contributed by atoms with Gasteiger partial charge in [0.15, 0.2) is 6.10 Å². The number of rotatable bonds is 6. The molecule has 0 aliphatic heterocycles. The number of imide groups is 1. The summed E-state index contributed by atoms with van der Waals surface area (Å²) in [7, 11) is 3.26. The second-order valence-corrected chi connectivity index (χ2v) is 5.78. The molecule has 10 nitrogen and oxygen atoms in total.